The van der Waals surface area contributed by atoms with Crippen LogP contribution in [-0.2, 0) is 0 Å². The van der Waals surface area contributed by atoms with E-state index in [9.17, 15) is 4.79 Å². The molecule has 0 spiro atoms. The molecule has 0 radical (unpaired) electrons. The fraction of sp³-hybridized carbons (Fsp3) is 0. The molecule has 0 saturated heterocycles. The second-order valence-electron chi connectivity index (χ2n) is 3.35. The maximum Gasteiger partial charge on any atom is 0.195 e. The highest BCUT2D eigenvalue weighted by atomic mass is 79.9. The number of hydrogen-bond acceptors (Lipinski definition) is 3. The minimum Gasteiger partial charge on any atom is -0.289 e. The van der Waals surface area contributed by atoms with E-state index in [0.29, 0.717) is 11.1 Å². The molecule has 0 atom stereocenters. The molecule has 0 fully saturated rings. The van der Waals surface area contributed by atoms with E-state index in [0.717, 1.165) is 4.47 Å². The Hall–Kier alpha value is -1.99. The number of carbonyl (C=O) groups is 1. The Labute approximate surface area is 107 Å². The smallest absolute Gasteiger partial charge is 0.195 e. The van der Waals surface area contributed by atoms with Crippen LogP contribution in [0.25, 0.3) is 0 Å². The van der Waals surface area contributed by atoms with Crippen molar-refractivity contribution in [2.24, 2.45) is 0 Å². The van der Waals surface area contributed by atoms with E-state index in [2.05, 4.69) is 20.9 Å². The third-order valence-corrected chi connectivity index (χ3v) is 2.74. The van der Waals surface area contributed by atoms with E-state index < -0.39 is 0 Å². The molecular weight excluding hydrogens is 280 g/mol. The Morgan fingerprint density at radius 3 is 2.82 bits per heavy atom. The van der Waals surface area contributed by atoms with E-state index in [1.807, 2.05) is 12.1 Å². The number of aromatic nitrogens is 1. The van der Waals surface area contributed by atoms with Gasteiger partial charge in [-0.3, -0.25) is 4.79 Å². The lowest BCUT2D eigenvalue weighted by Gasteiger charge is -2.02. The Balaban J connectivity index is 2.48. The van der Waals surface area contributed by atoms with Gasteiger partial charge in [0.05, 0.1) is 5.56 Å². The van der Waals surface area contributed by atoms with Gasteiger partial charge in [-0.25, -0.2) is 4.98 Å². The summed E-state index contributed by atoms with van der Waals surface area (Å²) in [6.07, 6.45) is 1.50. The summed E-state index contributed by atoms with van der Waals surface area (Å²) in [6.45, 7) is 0. The van der Waals surface area contributed by atoms with Gasteiger partial charge in [0.2, 0.25) is 0 Å². The van der Waals surface area contributed by atoms with Gasteiger partial charge < -0.3 is 0 Å². The van der Waals surface area contributed by atoms with Gasteiger partial charge in [-0.05, 0) is 24.3 Å². The molecule has 82 valence electrons. The zero-order chi connectivity index (χ0) is 12.3. The average molecular weight is 287 g/mol. The van der Waals surface area contributed by atoms with Gasteiger partial charge in [-0.2, -0.15) is 5.26 Å². The van der Waals surface area contributed by atoms with Crippen LogP contribution < -0.4 is 0 Å². The number of nitriles is 1. The second kappa shape index (κ2) is 4.89. The Kier molecular flexibility index (Phi) is 3.31. The summed E-state index contributed by atoms with van der Waals surface area (Å²) >= 11 is 3.31. The van der Waals surface area contributed by atoms with Crippen molar-refractivity contribution in [1.82, 2.24) is 4.98 Å². The first-order valence-corrected chi connectivity index (χ1v) is 5.67. The van der Waals surface area contributed by atoms with Crippen molar-refractivity contribution >= 4 is 21.7 Å². The van der Waals surface area contributed by atoms with Gasteiger partial charge in [0.1, 0.15) is 6.07 Å². The molecule has 0 aliphatic heterocycles. The maximum absolute atomic E-state index is 12.2. The lowest BCUT2D eigenvalue weighted by molar-refractivity contribution is 0.103. The average Bonchev–Trinajstić information content (AvgIpc) is 2.38. The predicted molar refractivity (Wildman–Crippen MR) is 66.5 cm³/mol. The highest BCUT2D eigenvalue weighted by molar-refractivity contribution is 9.10. The molecule has 0 N–H and O–H groups in total. The van der Waals surface area contributed by atoms with E-state index in [-0.39, 0.29) is 11.5 Å². The first-order chi connectivity index (χ1) is 8.22. The van der Waals surface area contributed by atoms with Crippen LogP contribution in [0.15, 0.2) is 47.1 Å². The summed E-state index contributed by atoms with van der Waals surface area (Å²) in [5.41, 5.74) is 1.01. The molecule has 17 heavy (non-hydrogen) atoms. The summed E-state index contributed by atoms with van der Waals surface area (Å²) in [7, 11) is 0. The quantitative estimate of drug-likeness (QED) is 0.798. The van der Waals surface area contributed by atoms with Gasteiger partial charge in [0.15, 0.2) is 11.5 Å². The summed E-state index contributed by atoms with van der Waals surface area (Å²) in [5.74, 6) is -0.198. The lowest BCUT2D eigenvalue weighted by atomic mass is 10.0. The second-order valence-corrected chi connectivity index (χ2v) is 4.27. The van der Waals surface area contributed by atoms with Gasteiger partial charge in [0, 0.05) is 16.2 Å². The van der Waals surface area contributed by atoms with Crippen molar-refractivity contribution in [3.05, 3.63) is 63.9 Å². The lowest BCUT2D eigenvalue weighted by Crippen LogP contribution is -2.05. The van der Waals surface area contributed by atoms with Gasteiger partial charge in [0.25, 0.3) is 0 Å². The Bertz CT molecular complexity index is 617. The Morgan fingerprint density at radius 2 is 2.12 bits per heavy atom. The fourth-order valence-corrected chi connectivity index (χ4v) is 1.86. The molecule has 0 bridgehead atoms. The number of rotatable bonds is 2. The number of benzene rings is 1. The van der Waals surface area contributed by atoms with Crippen LogP contribution in [0.4, 0.5) is 0 Å². The minimum absolute atomic E-state index is 0.150. The molecule has 0 aliphatic rings. The largest absolute Gasteiger partial charge is 0.289 e. The summed E-state index contributed by atoms with van der Waals surface area (Å²) in [4.78, 5) is 16.0. The number of halogens is 1. The highest BCUT2D eigenvalue weighted by Crippen LogP contribution is 2.16. The summed E-state index contributed by atoms with van der Waals surface area (Å²) in [6, 6.07) is 12.2. The van der Waals surface area contributed by atoms with Crippen LogP contribution in [0.2, 0.25) is 0 Å². The molecule has 2 aromatic rings. The van der Waals surface area contributed by atoms with Crippen molar-refractivity contribution in [2.75, 3.05) is 0 Å². The first-order valence-electron chi connectivity index (χ1n) is 4.88. The molecule has 1 aromatic carbocycles. The SMILES string of the molecule is N#Cc1ncccc1C(=O)c1cccc(Br)c1. The molecule has 1 heterocycles. The van der Waals surface area contributed by atoms with E-state index in [4.69, 9.17) is 5.26 Å². The van der Waals surface area contributed by atoms with Crippen molar-refractivity contribution in [3.8, 4) is 6.07 Å². The topological polar surface area (TPSA) is 53.8 Å². The first kappa shape index (κ1) is 11.5. The van der Waals surface area contributed by atoms with Crippen LogP contribution in [0.5, 0.6) is 0 Å². The standard InChI is InChI=1S/C13H7BrN2O/c14-10-4-1-3-9(7-10)13(17)11-5-2-6-16-12(11)8-15/h1-7H. The molecule has 4 heteroatoms. The van der Waals surface area contributed by atoms with E-state index in [1.165, 1.54) is 6.20 Å². The molecular formula is C13H7BrN2O. The Morgan fingerprint density at radius 1 is 1.29 bits per heavy atom. The zero-order valence-corrected chi connectivity index (χ0v) is 10.3. The number of carbonyl (C=O) groups excluding carboxylic acids is 1. The molecule has 0 unspecified atom stereocenters. The van der Waals surface area contributed by atoms with Crippen LogP contribution in [-0.4, -0.2) is 10.8 Å². The van der Waals surface area contributed by atoms with E-state index >= 15 is 0 Å². The zero-order valence-electron chi connectivity index (χ0n) is 8.72. The third kappa shape index (κ3) is 2.40. The van der Waals surface area contributed by atoms with Crippen molar-refractivity contribution < 1.29 is 4.79 Å². The number of nitrogens with zero attached hydrogens (tertiary/aromatic N) is 2. The third-order valence-electron chi connectivity index (χ3n) is 2.25. The normalized spacial score (nSPS) is 9.65. The molecule has 0 amide bonds. The highest BCUT2D eigenvalue weighted by Gasteiger charge is 2.14. The molecule has 0 aliphatic carbocycles. The monoisotopic (exact) mass is 286 g/mol. The van der Waals surface area contributed by atoms with E-state index in [1.54, 1.807) is 30.3 Å². The van der Waals surface area contributed by atoms with Crippen molar-refractivity contribution in [2.45, 2.75) is 0 Å². The van der Waals surface area contributed by atoms with Crippen LogP contribution in [0, 0.1) is 11.3 Å². The summed E-state index contributed by atoms with van der Waals surface area (Å²) < 4.78 is 0.825. The van der Waals surface area contributed by atoms with Crippen molar-refractivity contribution in [1.29, 1.82) is 5.26 Å². The molecule has 3 nitrogen and oxygen atoms in total. The van der Waals surface area contributed by atoms with Crippen LogP contribution in [0.1, 0.15) is 21.6 Å². The van der Waals surface area contributed by atoms with Gasteiger partial charge in [-0.1, -0.05) is 28.1 Å². The van der Waals surface area contributed by atoms with Gasteiger partial charge in [-0.15, -0.1) is 0 Å². The number of pyridine rings is 1. The summed E-state index contributed by atoms with van der Waals surface area (Å²) in [5, 5.41) is 8.89. The molecule has 0 saturated carbocycles. The van der Waals surface area contributed by atoms with Crippen LogP contribution >= 0.6 is 15.9 Å². The maximum atomic E-state index is 12.2. The minimum atomic E-state index is -0.198. The fourth-order valence-electron chi connectivity index (χ4n) is 1.46. The number of hydrogen-bond donors (Lipinski definition) is 0. The number of ketones is 1. The van der Waals surface area contributed by atoms with Crippen molar-refractivity contribution in [3.63, 3.8) is 0 Å². The van der Waals surface area contributed by atoms with Crippen LogP contribution in [0.3, 0.4) is 0 Å². The van der Waals surface area contributed by atoms with Gasteiger partial charge >= 0.3 is 0 Å². The predicted octanol–water partition coefficient (Wildman–Crippen LogP) is 2.95. The molecule has 2 rings (SSSR count). The molecule has 1 aromatic heterocycles.